The zero-order chi connectivity index (χ0) is 31.2. The fourth-order valence-electron chi connectivity index (χ4n) is 7.15. The molecule has 7 nitrogen and oxygen atoms in total. The number of carbonyl (C=O) groups excluding carboxylic acids is 1. The minimum Gasteiger partial charge on any atom is -0.481 e. The number of benzene rings is 3. The Bertz CT molecular complexity index is 1600. The van der Waals surface area contributed by atoms with E-state index in [1.807, 2.05) is 72.8 Å². The van der Waals surface area contributed by atoms with Crippen LogP contribution < -0.4 is 5.32 Å². The number of carbonyl (C=O) groups is 2. The predicted octanol–water partition coefficient (Wildman–Crippen LogP) is 6.59. The van der Waals surface area contributed by atoms with E-state index in [1.54, 1.807) is 0 Å². The molecule has 2 fully saturated rings. The van der Waals surface area contributed by atoms with E-state index in [-0.39, 0.29) is 11.9 Å². The first kappa shape index (κ1) is 30.9. The van der Waals surface area contributed by atoms with E-state index in [4.69, 9.17) is 4.98 Å². The van der Waals surface area contributed by atoms with Gasteiger partial charge in [0.05, 0.1) is 22.7 Å². The van der Waals surface area contributed by atoms with Gasteiger partial charge in [0.1, 0.15) is 0 Å². The summed E-state index contributed by atoms with van der Waals surface area (Å²) in [6.45, 7) is 6.32. The number of nitrogens with zero attached hydrogens (tertiary/aromatic N) is 3. The molecule has 1 aromatic heterocycles. The van der Waals surface area contributed by atoms with E-state index in [0.717, 1.165) is 77.9 Å². The number of hydrogen-bond donors (Lipinski definition) is 2. The average molecular weight is 605 g/mol. The zero-order valence-corrected chi connectivity index (χ0v) is 26.2. The highest BCUT2D eigenvalue weighted by Crippen LogP contribution is 2.33. The molecule has 1 saturated carbocycles. The van der Waals surface area contributed by atoms with Crippen LogP contribution in [0, 0.1) is 5.92 Å². The quantitative estimate of drug-likeness (QED) is 0.213. The topological polar surface area (TPSA) is 85.8 Å². The Morgan fingerprint density at radius 1 is 0.844 bits per heavy atom. The molecular weight excluding hydrogens is 560 g/mol. The van der Waals surface area contributed by atoms with Crippen molar-refractivity contribution in [2.75, 3.05) is 32.7 Å². The Hall–Kier alpha value is -4.07. The highest BCUT2D eigenvalue weighted by atomic mass is 16.4. The Labute approximate surface area is 266 Å². The van der Waals surface area contributed by atoms with Gasteiger partial charge in [-0.25, -0.2) is 4.98 Å². The lowest BCUT2D eigenvalue weighted by Crippen LogP contribution is -2.48. The third-order valence-corrected chi connectivity index (χ3v) is 9.77. The fraction of sp³-hybridized carbons (Fsp3) is 0.395. The van der Waals surface area contributed by atoms with Gasteiger partial charge in [0.15, 0.2) is 0 Å². The van der Waals surface area contributed by atoms with Gasteiger partial charge in [-0.3, -0.25) is 19.4 Å². The summed E-state index contributed by atoms with van der Waals surface area (Å²) in [7, 11) is 0. The molecule has 2 aliphatic rings. The van der Waals surface area contributed by atoms with Gasteiger partial charge in [0.25, 0.3) is 5.91 Å². The molecule has 1 aliphatic heterocycles. The number of nitrogens with one attached hydrogen (secondary N) is 1. The second kappa shape index (κ2) is 14.4. The summed E-state index contributed by atoms with van der Waals surface area (Å²) in [6, 6.07) is 27.8. The molecule has 1 aliphatic carbocycles. The number of carboxylic acid groups (broad SMARTS) is 1. The summed E-state index contributed by atoms with van der Waals surface area (Å²) in [5, 5.41) is 14.3. The minimum atomic E-state index is -0.795. The van der Waals surface area contributed by atoms with Crippen LogP contribution in [0.4, 0.5) is 0 Å². The summed E-state index contributed by atoms with van der Waals surface area (Å²) in [4.78, 5) is 36.2. The van der Waals surface area contributed by atoms with Crippen molar-refractivity contribution in [1.29, 1.82) is 0 Å². The molecule has 0 bridgehead atoms. The van der Waals surface area contributed by atoms with Crippen LogP contribution in [-0.4, -0.2) is 70.5 Å². The smallest absolute Gasteiger partial charge is 0.312 e. The fourth-order valence-corrected chi connectivity index (χ4v) is 7.15. The number of aromatic nitrogens is 1. The normalized spacial score (nSPS) is 18.0. The van der Waals surface area contributed by atoms with Crippen LogP contribution in [0.5, 0.6) is 0 Å². The number of carboxylic acids is 1. The molecule has 45 heavy (non-hydrogen) atoms. The zero-order valence-electron chi connectivity index (χ0n) is 26.2. The number of piperazine rings is 1. The number of para-hydroxylation sites is 1. The van der Waals surface area contributed by atoms with Crippen molar-refractivity contribution >= 4 is 22.8 Å². The highest BCUT2D eigenvalue weighted by Gasteiger charge is 2.29. The van der Waals surface area contributed by atoms with Crippen LogP contribution in [-0.2, 0) is 11.3 Å². The van der Waals surface area contributed by atoms with Crippen LogP contribution in [0.1, 0.15) is 66.4 Å². The molecule has 0 radical (unpaired) electrons. The maximum absolute atomic E-state index is 14.3. The number of rotatable bonds is 10. The summed E-state index contributed by atoms with van der Waals surface area (Å²) >= 11 is 0. The summed E-state index contributed by atoms with van der Waals surface area (Å²) in [5.41, 5.74) is 5.18. The lowest BCUT2D eigenvalue weighted by Gasteiger charge is -2.36. The molecule has 0 spiro atoms. The third-order valence-electron chi connectivity index (χ3n) is 9.77. The Morgan fingerprint density at radius 2 is 1.47 bits per heavy atom. The first-order valence-corrected chi connectivity index (χ1v) is 16.5. The van der Waals surface area contributed by atoms with Crippen molar-refractivity contribution < 1.29 is 14.7 Å². The predicted molar refractivity (Wildman–Crippen MR) is 179 cm³/mol. The van der Waals surface area contributed by atoms with Crippen LogP contribution in [0.15, 0.2) is 84.9 Å². The van der Waals surface area contributed by atoms with E-state index < -0.39 is 11.9 Å². The van der Waals surface area contributed by atoms with E-state index in [0.29, 0.717) is 19.0 Å². The molecule has 7 heteroatoms. The SMILES string of the molecule is C[C@H](NC(=O)c1c(CN2CCN(C[C@H](C(=O)O)c3ccccc3)CC2)c(-c2ccccc2)nc2ccccc12)C1CCCCC1. The van der Waals surface area contributed by atoms with Gasteiger partial charge in [-0.1, -0.05) is 98.1 Å². The van der Waals surface area contributed by atoms with Crippen molar-refractivity contribution in [3.8, 4) is 11.3 Å². The van der Waals surface area contributed by atoms with Crippen LogP contribution in [0.2, 0.25) is 0 Å². The van der Waals surface area contributed by atoms with E-state index in [2.05, 4.69) is 34.2 Å². The maximum Gasteiger partial charge on any atom is 0.312 e. The van der Waals surface area contributed by atoms with Gasteiger partial charge in [-0.15, -0.1) is 0 Å². The number of amides is 1. The maximum atomic E-state index is 14.3. The second-order valence-corrected chi connectivity index (χ2v) is 12.7. The first-order valence-electron chi connectivity index (χ1n) is 16.5. The second-order valence-electron chi connectivity index (χ2n) is 12.7. The van der Waals surface area contributed by atoms with E-state index in [1.165, 1.54) is 19.3 Å². The molecule has 1 saturated heterocycles. The molecule has 0 unspecified atom stereocenters. The summed E-state index contributed by atoms with van der Waals surface area (Å²) in [6.07, 6.45) is 6.08. The van der Waals surface area contributed by atoms with Crippen molar-refractivity contribution in [3.05, 3.63) is 102 Å². The molecule has 2 N–H and O–H groups in total. The molecule has 1 amide bonds. The standard InChI is InChI=1S/C38H44N4O3/c1-27(28-13-5-2-6-14-28)39-37(43)35-31-19-11-12-20-34(31)40-36(30-17-9-4-10-18-30)33(35)26-42-23-21-41(22-24-42)25-32(38(44)45)29-15-7-3-8-16-29/h3-4,7-12,15-20,27-28,32H,2,5-6,13-14,21-26H2,1H3,(H,39,43)(H,44,45)/t27-,32-/m0/s1. The van der Waals surface area contributed by atoms with Crippen molar-refractivity contribution in [3.63, 3.8) is 0 Å². The summed E-state index contributed by atoms with van der Waals surface area (Å²) < 4.78 is 0. The van der Waals surface area contributed by atoms with Gasteiger partial charge in [-0.2, -0.15) is 0 Å². The largest absolute Gasteiger partial charge is 0.481 e. The minimum absolute atomic E-state index is 0.0235. The number of pyridine rings is 1. The molecule has 2 atom stereocenters. The molecule has 6 rings (SSSR count). The highest BCUT2D eigenvalue weighted by molar-refractivity contribution is 6.09. The van der Waals surface area contributed by atoms with Crippen molar-refractivity contribution in [1.82, 2.24) is 20.1 Å². The molecule has 234 valence electrons. The van der Waals surface area contributed by atoms with Gasteiger partial charge < -0.3 is 10.4 Å². The number of aliphatic carboxylic acids is 1. The van der Waals surface area contributed by atoms with E-state index in [9.17, 15) is 14.7 Å². The number of hydrogen-bond acceptors (Lipinski definition) is 5. The summed E-state index contributed by atoms with van der Waals surface area (Å²) in [5.74, 6) is -0.874. The van der Waals surface area contributed by atoms with Gasteiger partial charge in [0, 0.05) is 61.8 Å². The number of fused-ring (bicyclic) bond motifs is 1. The third kappa shape index (κ3) is 7.26. The van der Waals surface area contributed by atoms with Crippen LogP contribution in [0.3, 0.4) is 0 Å². The van der Waals surface area contributed by atoms with Crippen LogP contribution in [0.25, 0.3) is 22.2 Å². The first-order chi connectivity index (χ1) is 22.0. The molecule has 4 aromatic rings. The Balaban J connectivity index is 1.28. The van der Waals surface area contributed by atoms with Gasteiger partial charge in [-0.05, 0) is 37.3 Å². The lowest BCUT2D eigenvalue weighted by molar-refractivity contribution is -0.139. The Kier molecular flexibility index (Phi) is 9.87. The molecule has 3 aromatic carbocycles. The van der Waals surface area contributed by atoms with Gasteiger partial charge in [0.2, 0.25) is 0 Å². The Morgan fingerprint density at radius 3 is 2.16 bits per heavy atom. The molecular formula is C38H44N4O3. The van der Waals surface area contributed by atoms with Crippen molar-refractivity contribution in [2.45, 2.75) is 57.5 Å². The van der Waals surface area contributed by atoms with E-state index >= 15 is 0 Å². The molecule has 2 heterocycles. The van der Waals surface area contributed by atoms with Crippen molar-refractivity contribution in [2.24, 2.45) is 5.92 Å². The average Bonchev–Trinajstić information content (AvgIpc) is 3.08. The van der Waals surface area contributed by atoms with Gasteiger partial charge >= 0.3 is 5.97 Å². The lowest BCUT2D eigenvalue weighted by atomic mass is 9.84. The van der Waals surface area contributed by atoms with Crippen LogP contribution >= 0.6 is 0 Å². The monoisotopic (exact) mass is 604 g/mol.